The molecule has 0 fully saturated rings. The van der Waals surface area contributed by atoms with Crippen molar-refractivity contribution in [3.05, 3.63) is 0 Å². The van der Waals surface area contributed by atoms with Crippen LogP contribution in [0.5, 0.6) is 0 Å². The molecule has 60 valence electrons. The Morgan fingerprint density at radius 2 is 2.36 bits per heavy atom. The van der Waals surface area contributed by atoms with Crippen molar-refractivity contribution in [3.8, 4) is 0 Å². The van der Waals surface area contributed by atoms with Crippen LogP contribution >= 0.6 is 11.8 Å². The van der Waals surface area contributed by atoms with E-state index in [1.54, 1.807) is 6.26 Å². The van der Waals surface area contributed by atoms with E-state index in [9.17, 15) is 4.79 Å². The summed E-state index contributed by atoms with van der Waals surface area (Å²) in [7, 11) is 0. The van der Waals surface area contributed by atoms with Crippen molar-refractivity contribution in [3.63, 3.8) is 0 Å². The second-order valence-electron chi connectivity index (χ2n) is 1.71. The lowest BCUT2D eigenvalue weighted by atomic mass is 10.9. The Morgan fingerprint density at radius 3 is 2.64 bits per heavy atom. The van der Waals surface area contributed by atoms with Crippen molar-refractivity contribution >= 4 is 23.7 Å². The van der Waals surface area contributed by atoms with Crippen LogP contribution in [-0.4, -0.2) is 27.1 Å². The van der Waals surface area contributed by atoms with Crippen LogP contribution in [-0.2, 0) is 0 Å². The molecular formula is C4H7N5OS. The first-order valence-corrected chi connectivity index (χ1v) is 3.94. The zero-order chi connectivity index (χ0) is 8.43. The maximum Gasteiger partial charge on any atom is 0.342 e. The molecule has 11 heavy (non-hydrogen) atoms. The maximum absolute atomic E-state index is 10.5. The molecule has 4 N–H and O–H groups in total. The molecule has 7 heteroatoms. The topological polar surface area (TPSA) is 99.8 Å². The summed E-state index contributed by atoms with van der Waals surface area (Å²) in [6, 6.07) is -0.727. The molecule has 1 heterocycles. The van der Waals surface area contributed by atoms with Gasteiger partial charge in [0.05, 0.1) is 0 Å². The lowest BCUT2D eigenvalue weighted by Gasteiger charge is -1.91. The highest BCUT2D eigenvalue weighted by atomic mass is 32.2. The Kier molecular flexibility index (Phi) is 1.99. The highest BCUT2D eigenvalue weighted by Crippen LogP contribution is 2.09. The van der Waals surface area contributed by atoms with E-state index in [4.69, 9.17) is 11.5 Å². The van der Waals surface area contributed by atoms with E-state index in [0.29, 0.717) is 5.16 Å². The molecular weight excluding hydrogens is 166 g/mol. The third kappa shape index (κ3) is 1.43. The number of nitrogen functional groups attached to an aromatic ring is 1. The molecule has 0 aliphatic heterocycles. The first kappa shape index (κ1) is 7.86. The Bertz CT molecular complexity index is 282. The number of nitrogens with zero attached hydrogens (tertiary/aromatic N) is 3. The minimum Gasteiger partial charge on any atom is -0.368 e. The van der Waals surface area contributed by atoms with Crippen molar-refractivity contribution in [2.75, 3.05) is 12.0 Å². The Balaban J connectivity index is 3.07. The average molecular weight is 173 g/mol. The lowest BCUT2D eigenvalue weighted by Crippen LogP contribution is -2.22. The van der Waals surface area contributed by atoms with E-state index >= 15 is 0 Å². The van der Waals surface area contributed by atoms with Crippen molar-refractivity contribution in [1.29, 1.82) is 0 Å². The van der Waals surface area contributed by atoms with E-state index in [-0.39, 0.29) is 5.95 Å². The summed E-state index contributed by atoms with van der Waals surface area (Å²) in [5.74, 6) is 0.0156. The molecule has 1 amide bonds. The third-order valence-corrected chi connectivity index (χ3v) is 1.54. The standard InChI is InChI=1S/C4H7N5OS/c1-11-4-7-2(5)9(8-4)3(6)10/h1H3,(H2,6,10)(H2,5,7,8). The monoisotopic (exact) mass is 173 g/mol. The number of primary amides is 1. The van der Waals surface area contributed by atoms with Gasteiger partial charge in [0, 0.05) is 0 Å². The van der Waals surface area contributed by atoms with Gasteiger partial charge in [-0.05, 0) is 6.26 Å². The van der Waals surface area contributed by atoms with Gasteiger partial charge < -0.3 is 11.5 Å². The summed E-state index contributed by atoms with van der Waals surface area (Å²) >= 11 is 1.29. The van der Waals surface area contributed by atoms with Crippen molar-refractivity contribution in [1.82, 2.24) is 14.8 Å². The van der Waals surface area contributed by atoms with Crippen molar-refractivity contribution in [2.24, 2.45) is 5.73 Å². The van der Waals surface area contributed by atoms with Gasteiger partial charge in [-0.2, -0.15) is 4.98 Å². The zero-order valence-corrected chi connectivity index (χ0v) is 6.63. The second kappa shape index (κ2) is 2.79. The van der Waals surface area contributed by atoms with Crippen LogP contribution in [0.2, 0.25) is 0 Å². The predicted octanol–water partition coefficient (Wildman–Crippen LogP) is -0.491. The number of anilines is 1. The Labute approximate surface area is 67.0 Å². The highest BCUT2D eigenvalue weighted by molar-refractivity contribution is 7.98. The van der Waals surface area contributed by atoms with Crippen LogP contribution in [0.4, 0.5) is 10.7 Å². The number of carbonyl (C=O) groups is 1. The van der Waals surface area contributed by atoms with E-state index in [1.807, 2.05) is 0 Å². The molecule has 0 saturated heterocycles. The molecule has 1 rings (SSSR count). The number of nitrogens with two attached hydrogens (primary N) is 2. The number of thioether (sulfide) groups is 1. The minimum atomic E-state index is -0.727. The van der Waals surface area contributed by atoms with Gasteiger partial charge in [-0.15, -0.1) is 9.78 Å². The van der Waals surface area contributed by atoms with E-state index in [2.05, 4.69) is 10.1 Å². The number of rotatable bonds is 1. The molecule has 0 radical (unpaired) electrons. The van der Waals surface area contributed by atoms with E-state index < -0.39 is 6.03 Å². The molecule has 0 saturated carbocycles. The van der Waals surface area contributed by atoms with Gasteiger partial charge >= 0.3 is 6.03 Å². The summed E-state index contributed by atoms with van der Waals surface area (Å²) < 4.78 is 0.853. The molecule has 0 aliphatic carbocycles. The highest BCUT2D eigenvalue weighted by Gasteiger charge is 2.08. The van der Waals surface area contributed by atoms with Gasteiger partial charge in [0.25, 0.3) is 0 Å². The summed E-state index contributed by atoms with van der Waals surface area (Å²) in [4.78, 5) is 14.3. The zero-order valence-electron chi connectivity index (χ0n) is 5.81. The molecule has 0 aromatic carbocycles. The lowest BCUT2D eigenvalue weighted by molar-refractivity contribution is 0.248. The second-order valence-corrected chi connectivity index (χ2v) is 2.48. The van der Waals surface area contributed by atoms with E-state index in [1.165, 1.54) is 11.8 Å². The first-order chi connectivity index (χ1) is 5.15. The van der Waals surface area contributed by atoms with Gasteiger partial charge in [0.2, 0.25) is 11.1 Å². The van der Waals surface area contributed by atoms with Gasteiger partial charge in [-0.3, -0.25) is 0 Å². The fraction of sp³-hybridized carbons (Fsp3) is 0.250. The quantitative estimate of drug-likeness (QED) is 0.558. The first-order valence-electron chi connectivity index (χ1n) is 2.71. The molecule has 0 unspecified atom stereocenters. The predicted molar refractivity (Wildman–Crippen MR) is 41.2 cm³/mol. The SMILES string of the molecule is CSc1nc(N)n(C(N)=O)n1. The molecule has 0 aliphatic rings. The molecule has 0 spiro atoms. The molecule has 0 atom stereocenters. The third-order valence-electron chi connectivity index (χ3n) is 1.00. The average Bonchev–Trinajstić information content (AvgIpc) is 2.30. The maximum atomic E-state index is 10.5. The van der Waals surface area contributed by atoms with E-state index in [0.717, 1.165) is 4.68 Å². The van der Waals surface area contributed by atoms with Crippen molar-refractivity contribution < 1.29 is 4.79 Å². The number of aromatic nitrogens is 3. The van der Waals surface area contributed by atoms with Crippen LogP contribution in [0.25, 0.3) is 0 Å². The summed E-state index contributed by atoms with van der Waals surface area (Å²) in [5, 5.41) is 4.13. The molecule has 6 nitrogen and oxygen atoms in total. The smallest absolute Gasteiger partial charge is 0.342 e. The number of hydrogen-bond acceptors (Lipinski definition) is 5. The van der Waals surface area contributed by atoms with Crippen LogP contribution < -0.4 is 11.5 Å². The fourth-order valence-electron chi connectivity index (χ4n) is 0.553. The summed E-state index contributed by atoms with van der Waals surface area (Å²) in [6.07, 6.45) is 1.78. The van der Waals surface area contributed by atoms with Gasteiger partial charge in [0.1, 0.15) is 0 Å². The number of amides is 1. The van der Waals surface area contributed by atoms with Crippen LogP contribution in [0, 0.1) is 0 Å². The molecule has 0 bridgehead atoms. The summed E-state index contributed by atoms with van der Waals surface area (Å²) in [6.45, 7) is 0. The van der Waals surface area contributed by atoms with Crippen LogP contribution in [0.1, 0.15) is 0 Å². The van der Waals surface area contributed by atoms with Gasteiger partial charge in [-0.25, -0.2) is 4.79 Å². The summed E-state index contributed by atoms with van der Waals surface area (Å²) in [5.41, 5.74) is 10.2. The van der Waals surface area contributed by atoms with Gasteiger partial charge in [0.15, 0.2) is 0 Å². The Morgan fingerprint density at radius 1 is 1.73 bits per heavy atom. The normalized spacial score (nSPS) is 9.91. The molecule has 1 aromatic rings. The minimum absolute atomic E-state index is 0.0156. The molecule has 1 aromatic heterocycles. The number of carbonyl (C=O) groups excluding carboxylic acids is 1. The van der Waals surface area contributed by atoms with Crippen LogP contribution in [0.15, 0.2) is 5.16 Å². The Hall–Kier alpha value is -1.24. The van der Waals surface area contributed by atoms with Gasteiger partial charge in [-0.1, -0.05) is 11.8 Å². The largest absolute Gasteiger partial charge is 0.368 e. The van der Waals surface area contributed by atoms with Crippen LogP contribution in [0.3, 0.4) is 0 Å². The number of hydrogen-bond donors (Lipinski definition) is 2. The van der Waals surface area contributed by atoms with Crippen molar-refractivity contribution in [2.45, 2.75) is 5.16 Å². The fourth-order valence-corrected chi connectivity index (χ4v) is 0.901.